The molecular weight excluding hydrogens is 322 g/mol. The minimum Gasteiger partial charge on any atom is -0.446 e. The third-order valence-corrected chi connectivity index (χ3v) is 3.94. The maximum absolute atomic E-state index is 12.0. The minimum atomic E-state index is -3.79. The van der Waals surface area contributed by atoms with Crippen LogP contribution in [-0.2, 0) is 16.6 Å². The fourth-order valence-electron chi connectivity index (χ4n) is 1.25. The van der Waals surface area contributed by atoms with Crippen LogP contribution in [-0.4, -0.2) is 13.4 Å². The number of sulfonamides is 1. The van der Waals surface area contributed by atoms with Crippen molar-refractivity contribution >= 4 is 31.8 Å². The molecule has 0 atom stereocenters. The first kappa shape index (κ1) is 13.1. The van der Waals surface area contributed by atoms with E-state index in [1.807, 2.05) is 0 Å². The first-order valence-electron chi connectivity index (χ1n) is 4.95. The van der Waals surface area contributed by atoms with Crippen molar-refractivity contribution in [2.45, 2.75) is 11.6 Å². The molecule has 2 aromatic heterocycles. The zero-order chi connectivity index (χ0) is 13.2. The van der Waals surface area contributed by atoms with Gasteiger partial charge in [-0.3, -0.25) is 4.72 Å². The molecule has 0 aliphatic rings. The monoisotopic (exact) mass is 331 g/mol. The average Bonchev–Trinajstić information content (AvgIpc) is 2.81. The molecule has 96 valence electrons. The van der Waals surface area contributed by atoms with E-state index in [1.165, 1.54) is 18.3 Å². The molecular formula is C10H10BrN3O3S. The Balaban J connectivity index is 2.30. The number of anilines is 1. The van der Waals surface area contributed by atoms with Gasteiger partial charge in [-0.25, -0.2) is 4.98 Å². The van der Waals surface area contributed by atoms with Gasteiger partial charge in [-0.15, -0.1) is 0 Å². The van der Waals surface area contributed by atoms with E-state index in [0.717, 1.165) is 0 Å². The van der Waals surface area contributed by atoms with E-state index in [0.29, 0.717) is 10.2 Å². The molecule has 18 heavy (non-hydrogen) atoms. The summed E-state index contributed by atoms with van der Waals surface area (Å²) in [5.41, 5.74) is 5.35. The predicted octanol–water partition coefficient (Wildman–Crippen LogP) is 1.70. The van der Waals surface area contributed by atoms with E-state index >= 15 is 0 Å². The molecule has 8 heteroatoms. The van der Waals surface area contributed by atoms with Gasteiger partial charge in [0.1, 0.15) is 5.76 Å². The summed E-state index contributed by atoms with van der Waals surface area (Å²) < 4.78 is 31.9. The Morgan fingerprint density at radius 1 is 1.39 bits per heavy atom. The summed E-state index contributed by atoms with van der Waals surface area (Å²) >= 11 is 3.20. The highest BCUT2D eigenvalue weighted by Crippen LogP contribution is 2.22. The summed E-state index contributed by atoms with van der Waals surface area (Å²) in [7, 11) is -3.79. The number of hydrogen-bond donors (Lipinski definition) is 2. The Morgan fingerprint density at radius 2 is 2.17 bits per heavy atom. The summed E-state index contributed by atoms with van der Waals surface area (Å²) in [5, 5.41) is -0.194. The summed E-state index contributed by atoms with van der Waals surface area (Å²) in [6.07, 6.45) is 1.48. The number of nitrogens with zero attached hydrogens (tertiary/aromatic N) is 1. The standard InChI is InChI=1S/C10H10BrN3O3S/c11-8-2-1-5-13-10(8)14-18(15,16)9-4-3-7(6-12)17-9/h1-5H,6,12H2,(H,13,14). The van der Waals surface area contributed by atoms with Crippen molar-refractivity contribution < 1.29 is 12.8 Å². The SMILES string of the molecule is NCc1ccc(S(=O)(=O)Nc2ncccc2Br)o1. The van der Waals surface area contributed by atoms with Crippen LogP contribution in [0.25, 0.3) is 0 Å². The van der Waals surface area contributed by atoms with Crippen LogP contribution >= 0.6 is 15.9 Å². The Morgan fingerprint density at radius 3 is 2.78 bits per heavy atom. The Labute approximate surface area is 112 Å². The quantitative estimate of drug-likeness (QED) is 0.888. The van der Waals surface area contributed by atoms with Crippen molar-refractivity contribution in [2.24, 2.45) is 5.73 Å². The van der Waals surface area contributed by atoms with Crippen LogP contribution in [0.1, 0.15) is 5.76 Å². The minimum absolute atomic E-state index is 0.142. The molecule has 0 fully saturated rings. The molecule has 0 amide bonds. The Kier molecular flexibility index (Phi) is 3.69. The molecule has 0 saturated carbocycles. The first-order chi connectivity index (χ1) is 8.53. The molecule has 0 aromatic carbocycles. The molecule has 0 saturated heterocycles. The zero-order valence-electron chi connectivity index (χ0n) is 9.13. The third-order valence-electron chi connectivity index (χ3n) is 2.09. The van der Waals surface area contributed by atoms with Crippen LogP contribution in [0.3, 0.4) is 0 Å². The molecule has 0 spiro atoms. The molecule has 0 radical (unpaired) electrons. The van der Waals surface area contributed by atoms with E-state index in [-0.39, 0.29) is 17.5 Å². The van der Waals surface area contributed by atoms with Gasteiger partial charge in [0.05, 0.1) is 11.0 Å². The van der Waals surface area contributed by atoms with Crippen molar-refractivity contribution in [1.82, 2.24) is 4.98 Å². The molecule has 2 aromatic rings. The van der Waals surface area contributed by atoms with Gasteiger partial charge in [-0.05, 0) is 40.2 Å². The van der Waals surface area contributed by atoms with Crippen LogP contribution in [0.5, 0.6) is 0 Å². The maximum Gasteiger partial charge on any atom is 0.296 e. The molecule has 2 rings (SSSR count). The molecule has 0 bridgehead atoms. The van der Waals surface area contributed by atoms with Gasteiger partial charge in [0, 0.05) is 6.20 Å². The number of nitrogens with two attached hydrogens (primary N) is 1. The topological polar surface area (TPSA) is 98.2 Å². The van der Waals surface area contributed by atoms with Crippen LogP contribution < -0.4 is 10.5 Å². The van der Waals surface area contributed by atoms with Crippen LogP contribution in [0.2, 0.25) is 0 Å². The second-order valence-corrected chi connectivity index (χ2v) is 5.83. The largest absolute Gasteiger partial charge is 0.446 e. The number of furan rings is 1. The highest BCUT2D eigenvalue weighted by molar-refractivity contribution is 9.10. The predicted molar refractivity (Wildman–Crippen MR) is 69.3 cm³/mol. The lowest BCUT2D eigenvalue weighted by Gasteiger charge is -2.06. The van der Waals surface area contributed by atoms with E-state index in [1.54, 1.807) is 12.1 Å². The number of hydrogen-bond acceptors (Lipinski definition) is 5. The van der Waals surface area contributed by atoms with Gasteiger partial charge in [-0.1, -0.05) is 0 Å². The van der Waals surface area contributed by atoms with Crippen LogP contribution in [0, 0.1) is 0 Å². The van der Waals surface area contributed by atoms with Crippen molar-refractivity contribution in [3.05, 3.63) is 40.7 Å². The van der Waals surface area contributed by atoms with Crippen molar-refractivity contribution in [2.75, 3.05) is 4.72 Å². The lowest BCUT2D eigenvalue weighted by molar-refractivity contribution is 0.417. The van der Waals surface area contributed by atoms with E-state index in [4.69, 9.17) is 10.2 Å². The highest BCUT2D eigenvalue weighted by atomic mass is 79.9. The second-order valence-electron chi connectivity index (χ2n) is 3.36. The smallest absolute Gasteiger partial charge is 0.296 e. The van der Waals surface area contributed by atoms with Crippen LogP contribution in [0.4, 0.5) is 5.82 Å². The molecule has 0 aliphatic carbocycles. The number of pyridine rings is 1. The third kappa shape index (κ3) is 2.71. The highest BCUT2D eigenvalue weighted by Gasteiger charge is 2.20. The fourth-order valence-corrected chi connectivity index (χ4v) is 2.72. The zero-order valence-corrected chi connectivity index (χ0v) is 11.5. The summed E-state index contributed by atoms with van der Waals surface area (Å²) in [5.74, 6) is 0.596. The van der Waals surface area contributed by atoms with Crippen molar-refractivity contribution in [3.8, 4) is 0 Å². The Hall–Kier alpha value is -1.38. The maximum atomic E-state index is 12.0. The van der Waals surface area contributed by atoms with Gasteiger partial charge in [-0.2, -0.15) is 8.42 Å². The molecule has 3 N–H and O–H groups in total. The molecule has 0 aliphatic heterocycles. The van der Waals surface area contributed by atoms with E-state index in [2.05, 4.69) is 25.6 Å². The number of nitrogens with one attached hydrogen (secondary N) is 1. The van der Waals surface area contributed by atoms with Gasteiger partial charge in [0.25, 0.3) is 10.0 Å². The molecule has 6 nitrogen and oxygen atoms in total. The number of rotatable bonds is 4. The van der Waals surface area contributed by atoms with E-state index in [9.17, 15) is 8.42 Å². The van der Waals surface area contributed by atoms with Crippen LogP contribution in [0.15, 0.2) is 44.4 Å². The fraction of sp³-hybridized carbons (Fsp3) is 0.100. The lowest BCUT2D eigenvalue weighted by atomic mass is 10.5. The normalized spacial score (nSPS) is 11.4. The second kappa shape index (κ2) is 5.09. The molecule has 2 heterocycles. The first-order valence-corrected chi connectivity index (χ1v) is 7.22. The van der Waals surface area contributed by atoms with Crippen molar-refractivity contribution in [1.29, 1.82) is 0 Å². The summed E-state index contributed by atoms with van der Waals surface area (Å²) in [6.45, 7) is 0.142. The van der Waals surface area contributed by atoms with Gasteiger partial charge >= 0.3 is 0 Å². The van der Waals surface area contributed by atoms with Gasteiger partial charge in [0.15, 0.2) is 5.82 Å². The lowest BCUT2D eigenvalue weighted by Crippen LogP contribution is -2.13. The summed E-state index contributed by atoms with van der Waals surface area (Å²) in [6, 6.07) is 6.23. The van der Waals surface area contributed by atoms with Gasteiger partial charge < -0.3 is 10.2 Å². The number of aromatic nitrogens is 1. The molecule has 0 unspecified atom stereocenters. The Bertz CT molecular complexity index is 654. The van der Waals surface area contributed by atoms with E-state index < -0.39 is 10.0 Å². The van der Waals surface area contributed by atoms with Crippen molar-refractivity contribution in [3.63, 3.8) is 0 Å². The number of halogens is 1. The van der Waals surface area contributed by atoms with Gasteiger partial charge in [0.2, 0.25) is 5.09 Å². The average molecular weight is 332 g/mol. The summed E-state index contributed by atoms with van der Waals surface area (Å²) in [4.78, 5) is 3.91.